The van der Waals surface area contributed by atoms with E-state index >= 15 is 0 Å². The number of H-pyrrole nitrogens is 1. The second-order valence-corrected chi connectivity index (χ2v) is 8.62. The highest BCUT2D eigenvalue weighted by Crippen LogP contribution is 2.23. The molecule has 0 saturated carbocycles. The van der Waals surface area contributed by atoms with E-state index in [0.29, 0.717) is 30.5 Å². The number of hydrogen-bond acceptors (Lipinski definition) is 5. The van der Waals surface area contributed by atoms with Crippen LogP contribution in [0.25, 0.3) is 10.9 Å². The average Bonchev–Trinajstić information content (AvgIpc) is 2.73. The van der Waals surface area contributed by atoms with Crippen LogP contribution in [-0.2, 0) is 14.8 Å². The zero-order valence-corrected chi connectivity index (χ0v) is 17.8. The van der Waals surface area contributed by atoms with Gasteiger partial charge in [0.25, 0.3) is 15.9 Å². The van der Waals surface area contributed by atoms with Crippen molar-refractivity contribution < 1.29 is 22.3 Å². The molecule has 0 saturated heterocycles. The van der Waals surface area contributed by atoms with Crippen LogP contribution in [0.3, 0.4) is 0 Å². The summed E-state index contributed by atoms with van der Waals surface area (Å²) in [5.41, 5.74) is 0.151. The van der Waals surface area contributed by atoms with Crippen LogP contribution in [-0.4, -0.2) is 51.5 Å². The molecule has 0 aliphatic rings. The van der Waals surface area contributed by atoms with Crippen molar-refractivity contribution in [2.24, 2.45) is 0 Å². The molecular formula is C21H22FN3O5S. The number of carbonyl (C=O) groups excluding carboxylic acids is 1. The molecule has 0 radical (unpaired) electrons. The summed E-state index contributed by atoms with van der Waals surface area (Å²) in [7, 11) is -0.852. The van der Waals surface area contributed by atoms with Crippen molar-refractivity contribution in [1.82, 2.24) is 9.88 Å². The third-order valence-corrected chi connectivity index (χ3v) is 6.02. The topological polar surface area (TPSA) is 109 Å². The van der Waals surface area contributed by atoms with Gasteiger partial charge in [-0.3, -0.25) is 14.3 Å². The lowest BCUT2D eigenvalue weighted by atomic mass is 10.1. The second kappa shape index (κ2) is 9.27. The molecule has 0 bridgehead atoms. The Balaban J connectivity index is 1.99. The molecule has 31 heavy (non-hydrogen) atoms. The lowest BCUT2D eigenvalue weighted by Crippen LogP contribution is -2.29. The number of rotatable bonds is 8. The van der Waals surface area contributed by atoms with Gasteiger partial charge in [0.15, 0.2) is 0 Å². The number of fused-ring (bicyclic) bond motifs is 1. The molecular weight excluding hydrogens is 425 g/mol. The van der Waals surface area contributed by atoms with E-state index in [1.54, 1.807) is 14.2 Å². The maximum atomic E-state index is 13.1. The summed E-state index contributed by atoms with van der Waals surface area (Å²) in [5, 5.41) is 0.296. The standard InChI is InChI=1S/C21H22FN3O5S/c1-25(10-3-11-30-2)21(27)18-13-20(26)23-19-9-8-16(12-17(18)19)31(28,29)24-15-6-4-14(22)5-7-15/h4-9,12-13,24H,3,10-11H2,1-2H3,(H,23,26). The summed E-state index contributed by atoms with van der Waals surface area (Å²) in [5.74, 6) is -0.899. The van der Waals surface area contributed by atoms with E-state index in [0.717, 1.165) is 18.2 Å². The van der Waals surface area contributed by atoms with E-state index in [4.69, 9.17) is 4.74 Å². The number of aromatic amines is 1. The number of halogens is 1. The average molecular weight is 447 g/mol. The van der Waals surface area contributed by atoms with Crippen molar-refractivity contribution in [3.63, 3.8) is 0 Å². The Hall–Kier alpha value is -3.24. The van der Waals surface area contributed by atoms with Crippen molar-refractivity contribution >= 4 is 32.5 Å². The summed E-state index contributed by atoms with van der Waals surface area (Å²) < 4.78 is 46.0. The van der Waals surface area contributed by atoms with Crippen LogP contribution in [0.4, 0.5) is 10.1 Å². The van der Waals surface area contributed by atoms with Crippen LogP contribution in [0, 0.1) is 5.82 Å². The highest BCUT2D eigenvalue weighted by molar-refractivity contribution is 7.92. The fourth-order valence-electron chi connectivity index (χ4n) is 3.06. The molecule has 0 aliphatic carbocycles. The van der Waals surface area contributed by atoms with Gasteiger partial charge in [-0.1, -0.05) is 0 Å². The van der Waals surface area contributed by atoms with Crippen LogP contribution in [0.5, 0.6) is 0 Å². The molecule has 1 amide bonds. The van der Waals surface area contributed by atoms with Gasteiger partial charge in [0, 0.05) is 50.0 Å². The first-order valence-electron chi connectivity index (χ1n) is 9.41. The van der Waals surface area contributed by atoms with E-state index in [1.807, 2.05) is 0 Å². The summed E-state index contributed by atoms with van der Waals surface area (Å²) in [6.45, 7) is 0.885. The minimum absolute atomic E-state index is 0.0949. The van der Waals surface area contributed by atoms with Crippen LogP contribution in [0.1, 0.15) is 16.8 Å². The zero-order chi connectivity index (χ0) is 22.6. The highest BCUT2D eigenvalue weighted by Gasteiger charge is 2.20. The fourth-order valence-corrected chi connectivity index (χ4v) is 4.15. The van der Waals surface area contributed by atoms with Gasteiger partial charge in [-0.25, -0.2) is 12.8 Å². The zero-order valence-electron chi connectivity index (χ0n) is 17.0. The van der Waals surface area contributed by atoms with Crippen molar-refractivity contribution in [2.75, 3.05) is 32.0 Å². The second-order valence-electron chi connectivity index (χ2n) is 6.94. The maximum Gasteiger partial charge on any atom is 0.261 e. The summed E-state index contributed by atoms with van der Waals surface area (Å²) in [6, 6.07) is 10.1. The Morgan fingerprint density at radius 2 is 1.87 bits per heavy atom. The number of amides is 1. The monoisotopic (exact) mass is 447 g/mol. The quantitative estimate of drug-likeness (QED) is 0.516. The molecule has 0 atom stereocenters. The number of sulfonamides is 1. The Bertz CT molecular complexity index is 1260. The number of benzene rings is 2. The lowest BCUT2D eigenvalue weighted by Gasteiger charge is -2.18. The number of methoxy groups -OCH3 is 1. The molecule has 1 heterocycles. The first-order chi connectivity index (χ1) is 14.7. The Labute approximate surface area is 178 Å². The Morgan fingerprint density at radius 1 is 1.16 bits per heavy atom. The van der Waals surface area contributed by atoms with Crippen LogP contribution in [0.15, 0.2) is 58.2 Å². The van der Waals surface area contributed by atoms with E-state index in [9.17, 15) is 22.4 Å². The van der Waals surface area contributed by atoms with Gasteiger partial charge >= 0.3 is 0 Å². The van der Waals surface area contributed by atoms with Gasteiger partial charge in [0.1, 0.15) is 5.82 Å². The number of ether oxygens (including phenoxy) is 1. The maximum absolute atomic E-state index is 13.1. The molecule has 3 rings (SSSR count). The van der Waals surface area contributed by atoms with Crippen molar-refractivity contribution in [3.8, 4) is 0 Å². The Morgan fingerprint density at radius 3 is 2.55 bits per heavy atom. The minimum atomic E-state index is -4.01. The number of anilines is 1. The lowest BCUT2D eigenvalue weighted by molar-refractivity contribution is 0.0781. The largest absolute Gasteiger partial charge is 0.385 e. The van der Waals surface area contributed by atoms with Crippen molar-refractivity contribution in [3.05, 3.63) is 70.3 Å². The van der Waals surface area contributed by atoms with E-state index < -0.39 is 27.3 Å². The molecule has 3 aromatic rings. The normalized spacial score (nSPS) is 11.5. The van der Waals surface area contributed by atoms with Gasteiger partial charge in [0.2, 0.25) is 5.56 Å². The SMILES string of the molecule is COCCCN(C)C(=O)c1cc(=O)[nH]c2ccc(S(=O)(=O)Nc3ccc(F)cc3)cc12. The first-order valence-corrected chi connectivity index (χ1v) is 10.9. The fraction of sp³-hybridized carbons (Fsp3) is 0.238. The molecule has 0 fully saturated rings. The van der Waals surface area contributed by atoms with E-state index in [-0.39, 0.29) is 16.1 Å². The van der Waals surface area contributed by atoms with Gasteiger partial charge in [0.05, 0.1) is 10.5 Å². The van der Waals surface area contributed by atoms with E-state index in [2.05, 4.69) is 9.71 Å². The number of carbonyl (C=O) groups is 1. The van der Waals surface area contributed by atoms with Gasteiger partial charge in [-0.2, -0.15) is 0 Å². The van der Waals surface area contributed by atoms with Crippen molar-refractivity contribution in [1.29, 1.82) is 0 Å². The molecule has 1 aromatic heterocycles. The molecule has 8 nitrogen and oxygen atoms in total. The molecule has 2 aromatic carbocycles. The molecule has 164 valence electrons. The minimum Gasteiger partial charge on any atom is -0.385 e. The number of pyridine rings is 1. The third kappa shape index (κ3) is 5.28. The summed E-state index contributed by atoms with van der Waals surface area (Å²) in [4.78, 5) is 28.9. The van der Waals surface area contributed by atoms with Crippen LogP contribution in [0.2, 0.25) is 0 Å². The Kier molecular flexibility index (Phi) is 6.71. The summed E-state index contributed by atoms with van der Waals surface area (Å²) in [6.07, 6.45) is 0.612. The molecule has 0 spiro atoms. The molecule has 2 N–H and O–H groups in total. The molecule has 0 aliphatic heterocycles. The van der Waals surface area contributed by atoms with Crippen LogP contribution >= 0.6 is 0 Å². The number of aromatic nitrogens is 1. The smallest absolute Gasteiger partial charge is 0.261 e. The predicted molar refractivity (Wildman–Crippen MR) is 115 cm³/mol. The number of hydrogen-bond donors (Lipinski definition) is 2. The van der Waals surface area contributed by atoms with Gasteiger partial charge in [-0.05, 0) is 48.9 Å². The highest BCUT2D eigenvalue weighted by atomic mass is 32.2. The van der Waals surface area contributed by atoms with Crippen molar-refractivity contribution in [2.45, 2.75) is 11.3 Å². The van der Waals surface area contributed by atoms with E-state index in [1.165, 1.54) is 35.2 Å². The first kappa shape index (κ1) is 22.4. The molecule has 10 heteroatoms. The van der Waals surface area contributed by atoms with Gasteiger partial charge in [-0.15, -0.1) is 0 Å². The third-order valence-electron chi connectivity index (χ3n) is 4.64. The molecule has 0 unspecified atom stereocenters. The number of nitrogens with zero attached hydrogens (tertiary/aromatic N) is 1. The number of nitrogens with one attached hydrogen (secondary N) is 2. The predicted octanol–water partition coefficient (Wildman–Crippen LogP) is 2.58. The van der Waals surface area contributed by atoms with Gasteiger partial charge < -0.3 is 14.6 Å². The summed E-state index contributed by atoms with van der Waals surface area (Å²) >= 11 is 0. The van der Waals surface area contributed by atoms with Crippen LogP contribution < -0.4 is 10.3 Å².